The number of rotatable bonds is 6. The van der Waals surface area contributed by atoms with Crippen LogP contribution in [-0.2, 0) is 11.3 Å². The van der Waals surface area contributed by atoms with Gasteiger partial charge in [-0.2, -0.15) is 0 Å². The Labute approximate surface area is 149 Å². The second-order valence-electron chi connectivity index (χ2n) is 5.38. The van der Waals surface area contributed by atoms with Gasteiger partial charge in [-0.1, -0.05) is 0 Å². The molecule has 0 saturated heterocycles. The van der Waals surface area contributed by atoms with Gasteiger partial charge in [-0.3, -0.25) is 4.79 Å². The van der Waals surface area contributed by atoms with Gasteiger partial charge >= 0.3 is 5.97 Å². The maximum Gasteiger partial charge on any atom is 0.350 e. The molecule has 0 fully saturated rings. The molecule has 5 nitrogen and oxygen atoms in total. The van der Waals surface area contributed by atoms with Crippen molar-refractivity contribution in [3.8, 4) is 11.4 Å². The molecular formula is C19H17NO4S. The van der Waals surface area contributed by atoms with E-state index in [1.165, 1.54) is 25.4 Å². The lowest BCUT2D eigenvalue weighted by molar-refractivity contribution is 0.0476. The summed E-state index contributed by atoms with van der Waals surface area (Å²) in [5.74, 6) is 0.118. The first-order valence-corrected chi connectivity index (χ1v) is 8.54. The van der Waals surface area contributed by atoms with Crippen LogP contribution >= 0.6 is 11.3 Å². The first-order valence-electron chi connectivity index (χ1n) is 7.66. The van der Waals surface area contributed by atoms with Crippen molar-refractivity contribution in [1.82, 2.24) is 4.57 Å². The number of ketones is 1. The van der Waals surface area contributed by atoms with Crippen LogP contribution in [0.25, 0.3) is 5.69 Å². The van der Waals surface area contributed by atoms with Gasteiger partial charge < -0.3 is 14.0 Å². The third-order valence-electron chi connectivity index (χ3n) is 3.76. The van der Waals surface area contributed by atoms with E-state index in [1.807, 2.05) is 40.5 Å². The lowest BCUT2D eigenvalue weighted by atomic mass is 10.1. The number of hydrogen-bond acceptors (Lipinski definition) is 5. The van der Waals surface area contributed by atoms with Gasteiger partial charge in [0.2, 0.25) is 0 Å². The highest BCUT2D eigenvalue weighted by Gasteiger charge is 2.17. The van der Waals surface area contributed by atoms with Gasteiger partial charge in [0.25, 0.3) is 0 Å². The Morgan fingerprint density at radius 3 is 2.60 bits per heavy atom. The maximum absolute atomic E-state index is 12.5. The van der Waals surface area contributed by atoms with E-state index in [4.69, 9.17) is 9.47 Å². The van der Waals surface area contributed by atoms with Crippen LogP contribution in [0.4, 0.5) is 0 Å². The molecule has 2 aromatic heterocycles. The van der Waals surface area contributed by atoms with Crippen molar-refractivity contribution in [2.75, 3.05) is 7.11 Å². The predicted molar refractivity (Wildman–Crippen MR) is 95.8 cm³/mol. The fourth-order valence-electron chi connectivity index (χ4n) is 2.47. The third-order valence-corrected chi connectivity index (χ3v) is 4.64. The molecule has 6 heteroatoms. The first kappa shape index (κ1) is 17.0. The van der Waals surface area contributed by atoms with Crippen LogP contribution in [0.1, 0.15) is 32.5 Å². The fourth-order valence-corrected chi connectivity index (χ4v) is 3.26. The second-order valence-corrected chi connectivity index (χ2v) is 6.30. The molecule has 0 spiro atoms. The molecule has 0 aliphatic rings. The summed E-state index contributed by atoms with van der Waals surface area (Å²) in [5.41, 5.74) is 1.99. The molecule has 0 bridgehead atoms. The molecule has 25 heavy (non-hydrogen) atoms. The molecule has 128 valence electrons. The Morgan fingerprint density at radius 2 is 1.92 bits per heavy atom. The van der Waals surface area contributed by atoms with E-state index < -0.39 is 5.97 Å². The molecular weight excluding hydrogens is 338 g/mol. The maximum atomic E-state index is 12.5. The van der Waals surface area contributed by atoms with E-state index in [2.05, 4.69) is 0 Å². The Kier molecular flexibility index (Phi) is 5.00. The minimum Gasteiger partial charge on any atom is -0.496 e. The van der Waals surface area contributed by atoms with Gasteiger partial charge in [0, 0.05) is 23.5 Å². The zero-order valence-corrected chi connectivity index (χ0v) is 14.7. The van der Waals surface area contributed by atoms with Crippen LogP contribution in [0.3, 0.4) is 0 Å². The highest BCUT2D eigenvalue weighted by molar-refractivity contribution is 7.12. The zero-order chi connectivity index (χ0) is 17.8. The van der Waals surface area contributed by atoms with Gasteiger partial charge in [0.1, 0.15) is 17.2 Å². The number of hydrogen-bond donors (Lipinski definition) is 0. The Hall–Kier alpha value is -2.86. The molecule has 2 heterocycles. The fraction of sp³-hybridized carbons (Fsp3) is 0.158. The molecule has 0 radical (unpaired) electrons. The van der Waals surface area contributed by atoms with E-state index in [0.29, 0.717) is 21.8 Å². The molecule has 0 saturated carbocycles. The number of aromatic nitrogens is 1. The van der Waals surface area contributed by atoms with Gasteiger partial charge in [0.05, 0.1) is 12.8 Å². The summed E-state index contributed by atoms with van der Waals surface area (Å²) in [5, 5.41) is 1.85. The molecule has 0 N–H and O–H groups in total. The number of esters is 1. The van der Waals surface area contributed by atoms with Gasteiger partial charge in [0.15, 0.2) is 5.78 Å². The van der Waals surface area contributed by atoms with Crippen LogP contribution in [0.2, 0.25) is 0 Å². The van der Waals surface area contributed by atoms with E-state index in [9.17, 15) is 9.59 Å². The van der Waals surface area contributed by atoms with Crippen LogP contribution in [-0.4, -0.2) is 23.4 Å². The van der Waals surface area contributed by atoms with Crippen LogP contribution < -0.4 is 4.74 Å². The minimum absolute atomic E-state index is 0.0339. The summed E-state index contributed by atoms with van der Waals surface area (Å²) in [6.45, 7) is 1.53. The molecule has 3 aromatic rings. The SMILES string of the molecule is COc1ccc(C(C)=O)cc1COC(=O)c1sccc1-n1cccc1. The lowest BCUT2D eigenvalue weighted by Crippen LogP contribution is -2.08. The summed E-state index contributed by atoms with van der Waals surface area (Å²) in [4.78, 5) is 24.6. The Morgan fingerprint density at radius 1 is 1.16 bits per heavy atom. The van der Waals surface area contributed by atoms with Crippen molar-refractivity contribution in [3.63, 3.8) is 0 Å². The van der Waals surface area contributed by atoms with Crippen molar-refractivity contribution in [2.24, 2.45) is 0 Å². The average molecular weight is 355 g/mol. The number of Topliss-reactive ketones (excluding diaryl/α,β-unsaturated/α-hetero) is 1. The van der Waals surface area contributed by atoms with Crippen LogP contribution in [0.5, 0.6) is 5.75 Å². The summed E-state index contributed by atoms with van der Waals surface area (Å²) in [6.07, 6.45) is 3.75. The summed E-state index contributed by atoms with van der Waals surface area (Å²) in [6, 6.07) is 10.7. The summed E-state index contributed by atoms with van der Waals surface area (Å²) >= 11 is 1.33. The van der Waals surface area contributed by atoms with E-state index in [0.717, 1.165) is 5.69 Å². The second kappa shape index (κ2) is 7.36. The van der Waals surface area contributed by atoms with Crippen LogP contribution in [0.15, 0.2) is 54.2 Å². The van der Waals surface area contributed by atoms with E-state index >= 15 is 0 Å². The van der Waals surface area contributed by atoms with Crippen LogP contribution in [0, 0.1) is 0 Å². The molecule has 1 aromatic carbocycles. The number of methoxy groups -OCH3 is 1. The number of ether oxygens (including phenoxy) is 2. The summed E-state index contributed by atoms with van der Waals surface area (Å²) < 4.78 is 12.6. The topological polar surface area (TPSA) is 57.5 Å². The van der Waals surface area contributed by atoms with Gasteiger partial charge in [-0.15, -0.1) is 11.3 Å². The normalized spacial score (nSPS) is 10.5. The molecule has 0 atom stereocenters. The quantitative estimate of drug-likeness (QED) is 0.493. The Balaban J connectivity index is 1.78. The smallest absolute Gasteiger partial charge is 0.350 e. The molecule has 0 amide bonds. The monoisotopic (exact) mass is 355 g/mol. The molecule has 0 aliphatic carbocycles. The highest BCUT2D eigenvalue weighted by Crippen LogP contribution is 2.25. The lowest BCUT2D eigenvalue weighted by Gasteiger charge is -2.11. The van der Waals surface area contributed by atoms with E-state index in [1.54, 1.807) is 18.2 Å². The molecule has 3 rings (SSSR count). The molecule has 0 unspecified atom stereocenters. The largest absolute Gasteiger partial charge is 0.496 e. The van der Waals surface area contributed by atoms with E-state index in [-0.39, 0.29) is 12.4 Å². The number of carbonyl (C=O) groups is 2. The summed E-state index contributed by atoms with van der Waals surface area (Å²) in [7, 11) is 1.54. The predicted octanol–water partition coefficient (Wildman–Crippen LogP) is 4.11. The van der Waals surface area contributed by atoms with Crippen molar-refractivity contribution >= 4 is 23.1 Å². The number of nitrogens with zero attached hydrogens (tertiary/aromatic N) is 1. The zero-order valence-electron chi connectivity index (χ0n) is 13.9. The third kappa shape index (κ3) is 3.64. The first-order chi connectivity index (χ1) is 12.1. The van der Waals surface area contributed by atoms with Crippen molar-refractivity contribution in [1.29, 1.82) is 0 Å². The van der Waals surface area contributed by atoms with Gasteiger partial charge in [-0.25, -0.2) is 4.79 Å². The standard InChI is InChI=1S/C19H17NO4S/c1-13(21)14-5-6-17(23-2)15(11-14)12-24-19(22)18-16(7-10-25-18)20-8-3-4-9-20/h3-11H,12H2,1-2H3. The number of benzene rings is 1. The minimum atomic E-state index is -0.408. The van der Waals surface area contributed by atoms with Crippen molar-refractivity contribution in [2.45, 2.75) is 13.5 Å². The van der Waals surface area contributed by atoms with Crippen molar-refractivity contribution < 1.29 is 19.1 Å². The number of carbonyl (C=O) groups excluding carboxylic acids is 2. The van der Waals surface area contributed by atoms with Crippen molar-refractivity contribution in [3.05, 3.63) is 70.2 Å². The average Bonchev–Trinajstić information content (AvgIpc) is 3.29. The van der Waals surface area contributed by atoms with Gasteiger partial charge in [-0.05, 0) is 48.7 Å². The highest BCUT2D eigenvalue weighted by atomic mass is 32.1. The molecule has 0 aliphatic heterocycles. The number of thiophene rings is 1. The Bertz CT molecular complexity index is 896.